The largest absolute Gasteiger partial charge is 0.474 e. The van der Waals surface area contributed by atoms with Gasteiger partial charge in [-0.2, -0.15) is 0 Å². The number of aryl methyl sites for hydroxylation is 1. The van der Waals surface area contributed by atoms with Gasteiger partial charge in [-0.15, -0.1) is 13.2 Å². The molecule has 0 aromatic heterocycles. The predicted molar refractivity (Wildman–Crippen MR) is 208 cm³/mol. The summed E-state index contributed by atoms with van der Waals surface area (Å²) in [5.41, 5.74) is 6.12. The molecule has 2 aromatic rings. The summed E-state index contributed by atoms with van der Waals surface area (Å²) in [4.78, 5) is 25.2. The van der Waals surface area contributed by atoms with E-state index < -0.39 is 0 Å². The Kier molecular flexibility index (Phi) is 29.5. The molecule has 0 aliphatic rings. The van der Waals surface area contributed by atoms with Crippen molar-refractivity contribution in [3.05, 3.63) is 97.1 Å². The van der Waals surface area contributed by atoms with Crippen LogP contribution >= 0.6 is 0 Å². The monoisotopic (exact) mass is 651 g/mol. The molecule has 0 spiro atoms. The minimum absolute atomic E-state index is 0.245. The molecule has 0 saturated carbocycles. The number of carbonyl (C=O) groups is 2. The highest BCUT2D eigenvalue weighted by atomic mass is 16.5. The van der Waals surface area contributed by atoms with Crippen LogP contribution in [-0.2, 0) is 33.7 Å². The Morgan fingerprint density at radius 2 is 1.43 bits per heavy atom. The minimum atomic E-state index is -0.245. The summed E-state index contributed by atoms with van der Waals surface area (Å²) >= 11 is 0. The van der Waals surface area contributed by atoms with E-state index in [9.17, 15) is 0 Å². The van der Waals surface area contributed by atoms with E-state index in [2.05, 4.69) is 104 Å². The van der Waals surface area contributed by atoms with Gasteiger partial charge >= 0.3 is 0 Å². The maximum Gasteiger partial charge on any atom is 0.182 e. The summed E-state index contributed by atoms with van der Waals surface area (Å²) in [6.07, 6.45) is 9.37. The van der Waals surface area contributed by atoms with Crippen LogP contribution in [0, 0.1) is 0 Å². The second kappa shape index (κ2) is 29.3. The molecule has 0 atom stereocenters. The summed E-state index contributed by atoms with van der Waals surface area (Å²) in [5, 5.41) is 3.48. The molecule has 0 bridgehead atoms. The van der Waals surface area contributed by atoms with Crippen LogP contribution < -0.4 is 10.2 Å². The number of hydrogen-bond acceptors (Lipinski definition) is 6. The third kappa shape index (κ3) is 21.3. The second-order valence-corrected chi connectivity index (χ2v) is 11.3. The minimum Gasteiger partial charge on any atom is -0.474 e. The van der Waals surface area contributed by atoms with Crippen molar-refractivity contribution in [2.24, 2.45) is 4.99 Å². The van der Waals surface area contributed by atoms with Gasteiger partial charge in [0.25, 0.3) is 0 Å². The number of nitrogens with one attached hydrogen (secondary N) is 1. The average molecular weight is 651 g/mol. The van der Waals surface area contributed by atoms with Crippen molar-refractivity contribution < 1.29 is 14.3 Å². The molecule has 0 unspecified atom stereocenters. The van der Waals surface area contributed by atoms with Crippen molar-refractivity contribution in [2.45, 2.75) is 107 Å². The molecule has 0 aliphatic carbocycles. The van der Waals surface area contributed by atoms with Crippen LogP contribution in [0.25, 0.3) is 0 Å². The summed E-state index contributed by atoms with van der Waals surface area (Å²) < 4.78 is 5.87. The lowest BCUT2D eigenvalue weighted by molar-refractivity contribution is -0.0987. The molecule has 0 amide bonds. The smallest absolute Gasteiger partial charge is 0.182 e. The van der Waals surface area contributed by atoms with Gasteiger partial charge in [-0.05, 0) is 94.8 Å². The zero-order valence-electron chi connectivity index (χ0n) is 31.5. The standard InChI is InChI=1S/C34H52N4O.C2H6.C2H4.2CH2O/c1-10-14-31-25-32(20-21-33(31)38(23-11-2)24-12-3)36-27(4)35-22-13-15-29-16-18-30(19-17-29)26-37(9)28(5)39-34(6,7)8;4*1-2/h13,16-22,25H,5,10-12,14-15,23-24,26H2,1-4,6-9H3,(H,35,36);1-2H3;1-2H2;2*1H2/b22-13-;;;;. The number of benzene rings is 2. The zero-order chi connectivity index (χ0) is 36.8. The van der Waals surface area contributed by atoms with Crippen molar-refractivity contribution in [3.63, 3.8) is 0 Å². The SMILES string of the molecule is C=C.C=C(OC(C)(C)C)N(C)Cc1ccc(C/C=C\N=C(C)Nc2ccc(N(CCC)CCC)c(CCC)c2)cc1.C=O.C=O.CC. The van der Waals surface area contributed by atoms with Gasteiger partial charge in [-0.1, -0.05) is 71.4 Å². The number of allylic oxidation sites excluding steroid dienone is 1. The lowest BCUT2D eigenvalue weighted by Gasteiger charge is -2.29. The number of hydrogen-bond donors (Lipinski definition) is 1. The fourth-order valence-corrected chi connectivity index (χ4v) is 4.50. The number of aliphatic imine (C=N–C) groups is 1. The van der Waals surface area contributed by atoms with Gasteiger partial charge in [0.2, 0.25) is 0 Å². The van der Waals surface area contributed by atoms with Crippen molar-refractivity contribution >= 4 is 30.8 Å². The molecule has 2 rings (SSSR count). The van der Waals surface area contributed by atoms with Crippen LogP contribution in [0.4, 0.5) is 11.4 Å². The van der Waals surface area contributed by atoms with Crippen molar-refractivity contribution in [1.82, 2.24) is 4.90 Å². The van der Waals surface area contributed by atoms with Crippen molar-refractivity contribution in [1.29, 1.82) is 0 Å². The van der Waals surface area contributed by atoms with Gasteiger partial charge in [0, 0.05) is 44.3 Å². The highest BCUT2D eigenvalue weighted by Crippen LogP contribution is 2.26. The van der Waals surface area contributed by atoms with Gasteiger partial charge < -0.3 is 29.4 Å². The Balaban J connectivity index is -0.00000224. The quantitative estimate of drug-likeness (QED) is 0.0895. The first-order chi connectivity index (χ1) is 22.6. The number of ether oxygens (including phenoxy) is 1. The molecule has 0 fully saturated rings. The highest BCUT2D eigenvalue weighted by molar-refractivity contribution is 5.94. The fourth-order valence-electron chi connectivity index (χ4n) is 4.50. The number of amidine groups is 1. The predicted octanol–water partition coefficient (Wildman–Crippen LogP) is 10.0. The van der Waals surface area contributed by atoms with Crippen LogP contribution in [0.3, 0.4) is 0 Å². The number of anilines is 2. The maximum atomic E-state index is 8.00. The van der Waals surface area contributed by atoms with Gasteiger partial charge in [0.1, 0.15) is 25.0 Å². The van der Waals surface area contributed by atoms with Crippen LogP contribution in [-0.4, -0.2) is 50.1 Å². The lowest BCUT2D eigenvalue weighted by Crippen LogP contribution is -2.26. The molecule has 0 saturated heterocycles. The Labute approximate surface area is 288 Å². The Bertz CT molecular complexity index is 1130. The molecule has 0 aliphatic heterocycles. The van der Waals surface area contributed by atoms with Crippen molar-refractivity contribution in [3.8, 4) is 0 Å². The van der Waals surface area contributed by atoms with Gasteiger partial charge in [-0.3, -0.25) is 0 Å². The van der Waals surface area contributed by atoms with Gasteiger partial charge in [0.05, 0.1) is 0 Å². The number of carbonyl (C=O) groups excluding carboxylic acids is 2. The Hall–Kier alpha value is -4.13. The van der Waals surface area contributed by atoms with E-state index in [1.807, 2.05) is 73.3 Å². The number of nitrogens with zero attached hydrogens (tertiary/aromatic N) is 3. The highest BCUT2D eigenvalue weighted by Gasteiger charge is 2.15. The molecule has 264 valence electrons. The first-order valence-electron chi connectivity index (χ1n) is 16.6. The van der Waals surface area contributed by atoms with Crippen LogP contribution in [0.1, 0.15) is 98.3 Å². The molecule has 7 heteroatoms. The van der Waals surface area contributed by atoms with Crippen LogP contribution in [0.5, 0.6) is 0 Å². The van der Waals surface area contributed by atoms with E-state index in [0.717, 1.165) is 63.3 Å². The Morgan fingerprint density at radius 3 is 1.91 bits per heavy atom. The van der Waals surface area contributed by atoms with E-state index in [4.69, 9.17) is 14.3 Å². The summed E-state index contributed by atoms with van der Waals surface area (Å²) in [7, 11) is 2.01. The zero-order valence-corrected chi connectivity index (χ0v) is 31.5. The molecular weight excluding hydrogens is 584 g/mol. The second-order valence-electron chi connectivity index (χ2n) is 11.3. The maximum absolute atomic E-state index is 8.00. The lowest BCUT2D eigenvalue weighted by atomic mass is 10.1. The van der Waals surface area contributed by atoms with E-state index in [-0.39, 0.29) is 5.60 Å². The van der Waals surface area contributed by atoms with Crippen LogP contribution in [0.2, 0.25) is 0 Å². The van der Waals surface area contributed by atoms with E-state index in [1.54, 1.807) is 0 Å². The molecule has 47 heavy (non-hydrogen) atoms. The van der Waals surface area contributed by atoms with Crippen LogP contribution in [0.15, 0.2) is 85.4 Å². The van der Waals surface area contributed by atoms with E-state index in [0.29, 0.717) is 5.88 Å². The molecular formula is C40H66N4O3. The summed E-state index contributed by atoms with van der Waals surface area (Å²) in [6.45, 7) is 35.9. The van der Waals surface area contributed by atoms with E-state index in [1.165, 1.54) is 22.4 Å². The van der Waals surface area contributed by atoms with Gasteiger partial charge in [0.15, 0.2) is 5.88 Å². The summed E-state index contributed by atoms with van der Waals surface area (Å²) in [6, 6.07) is 15.4. The molecule has 2 aromatic carbocycles. The van der Waals surface area contributed by atoms with Gasteiger partial charge in [-0.25, -0.2) is 4.99 Å². The fraction of sp³-hybridized carbons (Fsp3) is 0.475. The average Bonchev–Trinajstić information content (AvgIpc) is 3.07. The Morgan fingerprint density at radius 1 is 0.894 bits per heavy atom. The normalized spacial score (nSPS) is 10.4. The molecule has 1 N–H and O–H groups in total. The molecule has 0 radical (unpaired) electrons. The molecule has 0 heterocycles. The third-order valence-electron chi connectivity index (χ3n) is 6.27. The first-order valence-corrected chi connectivity index (χ1v) is 16.6. The topological polar surface area (TPSA) is 74.2 Å². The third-order valence-corrected chi connectivity index (χ3v) is 6.27. The summed E-state index contributed by atoms with van der Waals surface area (Å²) in [5.74, 6) is 1.57. The number of rotatable bonds is 15. The molecule has 7 nitrogen and oxygen atoms in total. The van der Waals surface area contributed by atoms with E-state index >= 15 is 0 Å². The van der Waals surface area contributed by atoms with Crippen molar-refractivity contribution in [2.75, 3.05) is 30.4 Å². The first kappa shape index (κ1) is 47.3.